The summed E-state index contributed by atoms with van der Waals surface area (Å²) in [6, 6.07) is 0. The Bertz CT molecular complexity index is 258. The van der Waals surface area contributed by atoms with Crippen LogP contribution in [-0.4, -0.2) is 49.4 Å². The standard InChI is InChI=1S/C7H11F3N4/c1-12-6(7(8,9)10)14-3-2-13-4-5(14)11/h11,13H,2-4H2,1H3. The Morgan fingerprint density at radius 2 is 2.21 bits per heavy atom. The maximum absolute atomic E-state index is 12.4. The van der Waals surface area contributed by atoms with Crippen LogP contribution in [0.25, 0.3) is 0 Å². The molecular weight excluding hydrogens is 197 g/mol. The summed E-state index contributed by atoms with van der Waals surface area (Å²) in [5, 5.41) is 10.1. The molecule has 0 atom stereocenters. The predicted octanol–water partition coefficient (Wildman–Crippen LogP) is 0.459. The van der Waals surface area contributed by atoms with E-state index in [0.29, 0.717) is 6.54 Å². The van der Waals surface area contributed by atoms with Gasteiger partial charge in [-0.05, 0) is 0 Å². The number of nitrogens with one attached hydrogen (secondary N) is 2. The summed E-state index contributed by atoms with van der Waals surface area (Å²) in [7, 11) is 1.08. The van der Waals surface area contributed by atoms with Crippen LogP contribution in [-0.2, 0) is 0 Å². The average molecular weight is 208 g/mol. The fraction of sp³-hybridized carbons (Fsp3) is 0.714. The van der Waals surface area contributed by atoms with Gasteiger partial charge in [0.15, 0.2) is 0 Å². The lowest BCUT2D eigenvalue weighted by Crippen LogP contribution is -2.54. The zero-order valence-corrected chi connectivity index (χ0v) is 7.65. The Morgan fingerprint density at radius 1 is 1.57 bits per heavy atom. The quantitative estimate of drug-likeness (QED) is 0.449. The third-order valence-corrected chi connectivity index (χ3v) is 1.85. The number of alkyl halides is 3. The molecule has 0 aliphatic carbocycles. The molecule has 14 heavy (non-hydrogen) atoms. The van der Waals surface area contributed by atoms with Crippen molar-refractivity contribution in [2.24, 2.45) is 4.99 Å². The molecule has 0 spiro atoms. The number of rotatable bonds is 0. The summed E-state index contributed by atoms with van der Waals surface area (Å²) < 4.78 is 37.2. The Labute approximate surface area is 79.3 Å². The minimum Gasteiger partial charge on any atom is -0.309 e. The number of hydrogen-bond donors (Lipinski definition) is 2. The molecule has 0 radical (unpaired) electrons. The maximum Gasteiger partial charge on any atom is 0.449 e. The van der Waals surface area contributed by atoms with Crippen LogP contribution in [0.5, 0.6) is 0 Å². The third kappa shape index (κ3) is 2.22. The van der Waals surface area contributed by atoms with Gasteiger partial charge in [-0.2, -0.15) is 13.2 Å². The third-order valence-electron chi connectivity index (χ3n) is 1.85. The second-order valence-corrected chi connectivity index (χ2v) is 2.82. The van der Waals surface area contributed by atoms with E-state index in [2.05, 4.69) is 10.3 Å². The number of hydrogen-bond acceptors (Lipinski definition) is 3. The summed E-state index contributed by atoms with van der Waals surface area (Å²) in [5.41, 5.74) is 0. The molecule has 1 aliphatic rings. The molecule has 0 bridgehead atoms. The van der Waals surface area contributed by atoms with Crippen molar-refractivity contribution in [3.8, 4) is 0 Å². The Morgan fingerprint density at radius 3 is 2.64 bits per heavy atom. The molecule has 0 aromatic heterocycles. The van der Waals surface area contributed by atoms with Gasteiger partial charge >= 0.3 is 6.18 Å². The lowest BCUT2D eigenvalue weighted by atomic mass is 10.3. The summed E-state index contributed by atoms with van der Waals surface area (Å²) in [6.45, 7) is 0.706. The molecule has 7 heteroatoms. The van der Waals surface area contributed by atoms with Crippen LogP contribution in [0.2, 0.25) is 0 Å². The summed E-state index contributed by atoms with van der Waals surface area (Å²) >= 11 is 0. The number of amidine groups is 2. The van der Waals surface area contributed by atoms with E-state index in [9.17, 15) is 13.2 Å². The maximum atomic E-state index is 12.4. The second-order valence-electron chi connectivity index (χ2n) is 2.82. The van der Waals surface area contributed by atoms with Crippen LogP contribution in [0.1, 0.15) is 0 Å². The first kappa shape index (κ1) is 11.0. The lowest BCUT2D eigenvalue weighted by molar-refractivity contribution is -0.0664. The Kier molecular flexibility index (Phi) is 3.10. The van der Waals surface area contributed by atoms with Crippen LogP contribution in [0.4, 0.5) is 13.2 Å². The fourth-order valence-corrected chi connectivity index (χ4v) is 1.26. The average Bonchev–Trinajstić information content (AvgIpc) is 2.07. The van der Waals surface area contributed by atoms with Crippen molar-refractivity contribution in [2.45, 2.75) is 6.18 Å². The molecular formula is C7H11F3N4. The summed E-state index contributed by atoms with van der Waals surface area (Å²) in [6.07, 6.45) is -4.49. The van der Waals surface area contributed by atoms with Gasteiger partial charge in [0, 0.05) is 20.1 Å². The number of aliphatic imine (C=N–C) groups is 1. The summed E-state index contributed by atoms with van der Waals surface area (Å²) in [5.74, 6) is -1.10. The second kappa shape index (κ2) is 3.95. The molecule has 2 N–H and O–H groups in total. The van der Waals surface area contributed by atoms with Crippen LogP contribution >= 0.6 is 0 Å². The van der Waals surface area contributed by atoms with Crippen molar-refractivity contribution in [1.29, 1.82) is 5.41 Å². The van der Waals surface area contributed by atoms with Crippen LogP contribution < -0.4 is 5.32 Å². The molecule has 0 aromatic rings. The molecule has 1 heterocycles. The Balaban J connectivity index is 2.84. The minimum atomic E-state index is -4.49. The normalized spacial score (nSPS) is 20.1. The molecule has 0 amide bonds. The molecule has 1 aliphatic heterocycles. The number of halogens is 3. The van der Waals surface area contributed by atoms with E-state index in [1.54, 1.807) is 0 Å². The van der Waals surface area contributed by atoms with Gasteiger partial charge in [0.1, 0.15) is 5.84 Å². The van der Waals surface area contributed by atoms with E-state index in [1.165, 1.54) is 0 Å². The van der Waals surface area contributed by atoms with Gasteiger partial charge in [0.05, 0.1) is 6.54 Å². The van der Waals surface area contributed by atoms with Gasteiger partial charge in [0.25, 0.3) is 0 Å². The molecule has 0 aromatic carbocycles. The minimum absolute atomic E-state index is 0.103. The number of nitrogens with zero attached hydrogens (tertiary/aromatic N) is 2. The van der Waals surface area contributed by atoms with Gasteiger partial charge in [-0.25, -0.2) is 0 Å². The topological polar surface area (TPSA) is 51.5 Å². The van der Waals surface area contributed by atoms with Gasteiger partial charge < -0.3 is 10.2 Å². The largest absolute Gasteiger partial charge is 0.449 e. The summed E-state index contributed by atoms with van der Waals surface area (Å²) in [4.78, 5) is 4.07. The smallest absolute Gasteiger partial charge is 0.309 e. The highest BCUT2D eigenvalue weighted by Crippen LogP contribution is 2.20. The number of piperazine rings is 1. The van der Waals surface area contributed by atoms with Crippen molar-refractivity contribution in [3.63, 3.8) is 0 Å². The van der Waals surface area contributed by atoms with E-state index in [0.717, 1.165) is 11.9 Å². The highest BCUT2D eigenvalue weighted by molar-refractivity contribution is 6.03. The van der Waals surface area contributed by atoms with Crippen LogP contribution in [0, 0.1) is 5.41 Å². The van der Waals surface area contributed by atoms with E-state index < -0.39 is 12.0 Å². The zero-order valence-electron chi connectivity index (χ0n) is 7.65. The SMILES string of the molecule is CN=C(N1CCNCC1=N)C(F)(F)F. The van der Waals surface area contributed by atoms with Gasteiger partial charge in [-0.3, -0.25) is 10.4 Å². The van der Waals surface area contributed by atoms with Crippen molar-refractivity contribution < 1.29 is 13.2 Å². The van der Waals surface area contributed by atoms with Crippen LogP contribution in [0.3, 0.4) is 0 Å². The van der Waals surface area contributed by atoms with Crippen molar-refractivity contribution >= 4 is 11.7 Å². The van der Waals surface area contributed by atoms with Gasteiger partial charge in [-0.1, -0.05) is 0 Å². The van der Waals surface area contributed by atoms with E-state index in [-0.39, 0.29) is 18.9 Å². The van der Waals surface area contributed by atoms with E-state index in [4.69, 9.17) is 5.41 Å². The van der Waals surface area contributed by atoms with Gasteiger partial charge in [-0.15, -0.1) is 0 Å². The first-order valence-corrected chi connectivity index (χ1v) is 4.06. The molecule has 1 saturated heterocycles. The fourth-order valence-electron chi connectivity index (χ4n) is 1.26. The Hall–Kier alpha value is -1.11. The van der Waals surface area contributed by atoms with Crippen molar-refractivity contribution in [2.75, 3.05) is 26.7 Å². The first-order chi connectivity index (χ1) is 6.46. The molecule has 4 nitrogen and oxygen atoms in total. The highest BCUT2D eigenvalue weighted by Gasteiger charge is 2.41. The van der Waals surface area contributed by atoms with Crippen LogP contribution in [0.15, 0.2) is 4.99 Å². The lowest BCUT2D eigenvalue weighted by Gasteiger charge is -2.31. The van der Waals surface area contributed by atoms with E-state index in [1.807, 2.05) is 0 Å². The molecule has 1 fully saturated rings. The molecule has 0 unspecified atom stereocenters. The van der Waals surface area contributed by atoms with Crippen molar-refractivity contribution in [3.05, 3.63) is 0 Å². The predicted molar refractivity (Wildman–Crippen MR) is 46.7 cm³/mol. The molecule has 1 rings (SSSR count). The van der Waals surface area contributed by atoms with Crippen molar-refractivity contribution in [1.82, 2.24) is 10.2 Å². The zero-order chi connectivity index (χ0) is 10.8. The van der Waals surface area contributed by atoms with Gasteiger partial charge in [0.2, 0.25) is 5.84 Å². The highest BCUT2D eigenvalue weighted by atomic mass is 19.4. The monoisotopic (exact) mass is 208 g/mol. The molecule has 80 valence electrons. The van der Waals surface area contributed by atoms with E-state index >= 15 is 0 Å². The molecule has 0 saturated carbocycles. The first-order valence-electron chi connectivity index (χ1n) is 4.06.